The SMILES string of the molecule is C=C(c1cccc(O)c1O)c1cccc(O)c1O. The second kappa shape index (κ2) is 4.33. The van der Waals surface area contributed by atoms with Crippen molar-refractivity contribution in [1.29, 1.82) is 0 Å². The Morgan fingerprint density at radius 1 is 0.722 bits per heavy atom. The van der Waals surface area contributed by atoms with Gasteiger partial charge < -0.3 is 20.4 Å². The van der Waals surface area contributed by atoms with Gasteiger partial charge in [0.25, 0.3) is 0 Å². The second-order valence-corrected chi connectivity index (χ2v) is 3.83. The predicted octanol–water partition coefficient (Wildman–Crippen LogP) is 2.57. The van der Waals surface area contributed by atoms with Gasteiger partial charge in [-0.05, 0) is 17.7 Å². The molecule has 2 aromatic rings. The summed E-state index contributed by atoms with van der Waals surface area (Å²) in [7, 11) is 0. The molecule has 0 saturated carbocycles. The summed E-state index contributed by atoms with van der Waals surface area (Å²) in [5.74, 6) is -1.17. The fourth-order valence-electron chi connectivity index (χ4n) is 1.69. The van der Waals surface area contributed by atoms with Crippen molar-refractivity contribution >= 4 is 5.57 Å². The molecule has 0 amide bonds. The van der Waals surface area contributed by atoms with Gasteiger partial charge in [-0.2, -0.15) is 0 Å². The summed E-state index contributed by atoms with van der Waals surface area (Å²) in [6, 6.07) is 8.90. The van der Waals surface area contributed by atoms with E-state index in [2.05, 4.69) is 6.58 Å². The fourth-order valence-corrected chi connectivity index (χ4v) is 1.69. The van der Waals surface area contributed by atoms with Gasteiger partial charge in [-0.3, -0.25) is 0 Å². The Kier molecular flexibility index (Phi) is 2.85. The highest BCUT2D eigenvalue weighted by Gasteiger charge is 2.15. The van der Waals surface area contributed by atoms with Crippen LogP contribution in [-0.4, -0.2) is 20.4 Å². The van der Waals surface area contributed by atoms with Gasteiger partial charge in [0.15, 0.2) is 23.0 Å². The van der Waals surface area contributed by atoms with Crippen molar-refractivity contribution in [3.8, 4) is 23.0 Å². The van der Waals surface area contributed by atoms with E-state index < -0.39 is 0 Å². The van der Waals surface area contributed by atoms with Crippen LogP contribution in [0.1, 0.15) is 11.1 Å². The summed E-state index contributed by atoms with van der Waals surface area (Å²) in [5.41, 5.74) is 0.878. The van der Waals surface area contributed by atoms with Crippen LogP contribution in [0.25, 0.3) is 5.57 Å². The maximum atomic E-state index is 9.73. The minimum Gasteiger partial charge on any atom is -0.504 e. The number of phenols is 4. The van der Waals surface area contributed by atoms with Crippen LogP contribution in [0.3, 0.4) is 0 Å². The third-order valence-corrected chi connectivity index (χ3v) is 2.68. The van der Waals surface area contributed by atoms with Crippen molar-refractivity contribution in [2.45, 2.75) is 0 Å². The van der Waals surface area contributed by atoms with E-state index in [4.69, 9.17) is 0 Å². The molecule has 0 heterocycles. The van der Waals surface area contributed by atoms with Gasteiger partial charge in [0.2, 0.25) is 0 Å². The van der Waals surface area contributed by atoms with Gasteiger partial charge in [-0.15, -0.1) is 0 Å². The predicted molar refractivity (Wildman–Crippen MR) is 67.7 cm³/mol. The number of aromatic hydroxyl groups is 4. The fraction of sp³-hybridized carbons (Fsp3) is 0. The van der Waals surface area contributed by atoms with Gasteiger partial charge in [0.1, 0.15) is 0 Å². The van der Waals surface area contributed by atoms with Crippen LogP contribution in [0.5, 0.6) is 23.0 Å². The van der Waals surface area contributed by atoms with E-state index in [1.54, 1.807) is 24.3 Å². The molecule has 2 aromatic carbocycles. The molecule has 0 aliphatic rings. The van der Waals surface area contributed by atoms with E-state index in [0.717, 1.165) is 0 Å². The van der Waals surface area contributed by atoms with Crippen molar-refractivity contribution in [3.05, 3.63) is 54.1 Å². The van der Waals surface area contributed by atoms with Crippen LogP contribution in [-0.2, 0) is 0 Å². The maximum absolute atomic E-state index is 9.73. The van der Waals surface area contributed by atoms with E-state index in [9.17, 15) is 20.4 Å². The lowest BCUT2D eigenvalue weighted by Gasteiger charge is -2.11. The molecule has 0 atom stereocenters. The highest BCUT2D eigenvalue weighted by atomic mass is 16.3. The lowest BCUT2D eigenvalue weighted by Crippen LogP contribution is -1.88. The zero-order chi connectivity index (χ0) is 13.3. The second-order valence-electron chi connectivity index (χ2n) is 3.83. The van der Waals surface area contributed by atoms with Gasteiger partial charge in [0, 0.05) is 11.1 Å². The van der Waals surface area contributed by atoms with Gasteiger partial charge in [0.05, 0.1) is 0 Å². The molecular formula is C14H12O4. The molecule has 4 nitrogen and oxygen atoms in total. The van der Waals surface area contributed by atoms with E-state index in [1.807, 2.05) is 0 Å². The molecule has 92 valence electrons. The summed E-state index contributed by atoms with van der Waals surface area (Å²) in [4.78, 5) is 0. The molecule has 2 rings (SSSR count). The molecule has 0 unspecified atom stereocenters. The van der Waals surface area contributed by atoms with Crippen LogP contribution in [0.4, 0.5) is 0 Å². The van der Waals surface area contributed by atoms with Crippen molar-refractivity contribution in [1.82, 2.24) is 0 Å². The summed E-state index contributed by atoms with van der Waals surface area (Å²) >= 11 is 0. The molecule has 0 aliphatic heterocycles. The number of hydrogen-bond acceptors (Lipinski definition) is 4. The Bertz CT molecular complexity index is 564. The van der Waals surface area contributed by atoms with Crippen molar-refractivity contribution in [2.24, 2.45) is 0 Å². The Hall–Kier alpha value is -2.62. The number of hydrogen-bond donors (Lipinski definition) is 4. The van der Waals surface area contributed by atoms with Crippen LogP contribution in [0, 0.1) is 0 Å². The maximum Gasteiger partial charge on any atom is 0.165 e. The summed E-state index contributed by atoms with van der Waals surface area (Å²) in [6.45, 7) is 3.76. The number of phenolic OH excluding ortho intramolecular Hbond substituents is 4. The van der Waals surface area contributed by atoms with Crippen LogP contribution < -0.4 is 0 Å². The Morgan fingerprint density at radius 3 is 1.50 bits per heavy atom. The number of para-hydroxylation sites is 2. The zero-order valence-electron chi connectivity index (χ0n) is 9.46. The van der Waals surface area contributed by atoms with Gasteiger partial charge in [-0.1, -0.05) is 30.8 Å². The normalized spacial score (nSPS) is 10.2. The average Bonchev–Trinajstić information content (AvgIpc) is 2.35. The van der Waals surface area contributed by atoms with E-state index in [1.165, 1.54) is 12.1 Å². The molecule has 0 aromatic heterocycles. The van der Waals surface area contributed by atoms with Crippen molar-refractivity contribution in [2.75, 3.05) is 0 Å². The minimum atomic E-state index is -0.315. The first-order valence-corrected chi connectivity index (χ1v) is 5.24. The first-order chi connectivity index (χ1) is 8.52. The van der Waals surface area contributed by atoms with Crippen molar-refractivity contribution in [3.63, 3.8) is 0 Å². The molecule has 0 bridgehead atoms. The Balaban J connectivity index is 2.55. The summed E-state index contributed by atoms with van der Waals surface area (Å²) in [6.07, 6.45) is 0. The largest absolute Gasteiger partial charge is 0.504 e. The highest BCUT2D eigenvalue weighted by Crippen LogP contribution is 2.40. The van der Waals surface area contributed by atoms with Gasteiger partial charge in [-0.25, -0.2) is 0 Å². The number of rotatable bonds is 2. The molecule has 0 saturated heterocycles. The number of benzene rings is 2. The van der Waals surface area contributed by atoms with E-state index in [0.29, 0.717) is 5.57 Å². The third-order valence-electron chi connectivity index (χ3n) is 2.68. The molecule has 0 radical (unpaired) electrons. The Morgan fingerprint density at radius 2 is 1.11 bits per heavy atom. The lowest BCUT2D eigenvalue weighted by molar-refractivity contribution is 0.400. The van der Waals surface area contributed by atoms with Crippen LogP contribution in [0.15, 0.2) is 43.0 Å². The smallest absolute Gasteiger partial charge is 0.165 e. The molecule has 4 heteroatoms. The van der Waals surface area contributed by atoms with E-state index in [-0.39, 0.29) is 34.1 Å². The molecular weight excluding hydrogens is 232 g/mol. The first kappa shape index (κ1) is 11.9. The lowest BCUT2D eigenvalue weighted by atomic mass is 9.97. The molecule has 18 heavy (non-hydrogen) atoms. The molecule has 0 fully saturated rings. The standard InChI is InChI=1S/C14H12O4/c1-8(9-4-2-6-11(15)13(9)17)10-5-3-7-12(16)14(10)18/h2-7,15-18H,1H2. The summed E-state index contributed by atoms with van der Waals surface area (Å²) < 4.78 is 0. The minimum absolute atomic E-state index is 0.270. The molecule has 4 N–H and O–H groups in total. The van der Waals surface area contributed by atoms with E-state index >= 15 is 0 Å². The topological polar surface area (TPSA) is 80.9 Å². The molecule has 0 aliphatic carbocycles. The zero-order valence-corrected chi connectivity index (χ0v) is 9.46. The quantitative estimate of drug-likeness (QED) is 0.612. The monoisotopic (exact) mass is 244 g/mol. The molecule has 0 spiro atoms. The van der Waals surface area contributed by atoms with Crippen molar-refractivity contribution < 1.29 is 20.4 Å². The summed E-state index contributed by atoms with van der Waals surface area (Å²) in [5, 5.41) is 38.3. The third kappa shape index (κ3) is 1.84. The first-order valence-electron chi connectivity index (χ1n) is 5.24. The Labute approximate surface area is 104 Å². The van der Waals surface area contributed by atoms with Crippen LogP contribution in [0.2, 0.25) is 0 Å². The van der Waals surface area contributed by atoms with Gasteiger partial charge >= 0.3 is 0 Å². The highest BCUT2D eigenvalue weighted by molar-refractivity contribution is 5.85. The average molecular weight is 244 g/mol. The van der Waals surface area contributed by atoms with Crippen LogP contribution >= 0.6 is 0 Å².